The lowest BCUT2D eigenvalue weighted by atomic mass is 9.82. The van der Waals surface area contributed by atoms with Crippen molar-refractivity contribution in [2.45, 2.75) is 96.3 Å². The van der Waals surface area contributed by atoms with Gasteiger partial charge in [-0.25, -0.2) is 4.79 Å². The molecule has 50 heavy (non-hydrogen) atoms. The highest BCUT2D eigenvalue weighted by atomic mass is 28.4. The van der Waals surface area contributed by atoms with Crippen LogP contribution in [0.1, 0.15) is 63.6 Å². The largest absolute Gasteiger partial charge is 0.447 e. The van der Waals surface area contributed by atoms with Crippen molar-refractivity contribution >= 4 is 37.6 Å². The molecular weight excluding hydrogens is 651 g/mol. The molecule has 2 N–H and O–H groups in total. The van der Waals surface area contributed by atoms with E-state index in [2.05, 4.69) is 32.9 Å². The molecule has 2 saturated heterocycles. The quantitative estimate of drug-likeness (QED) is 0.237. The molecule has 4 aliphatic heterocycles. The summed E-state index contributed by atoms with van der Waals surface area (Å²) in [6.07, 6.45) is 5.42. The van der Waals surface area contributed by atoms with Crippen LogP contribution >= 0.6 is 0 Å². The minimum atomic E-state index is -3.04. The molecule has 3 amide bonds. The number of allylic oxidation sites excluding steroid dienone is 3. The number of aliphatic hydroxyl groups excluding tert-OH is 1. The highest BCUT2D eigenvalue weighted by molar-refractivity contribution is 6.71. The fourth-order valence-electron chi connectivity index (χ4n) is 8.51. The van der Waals surface area contributed by atoms with Crippen LogP contribution in [0.15, 0.2) is 65.8 Å². The second-order valence-electron chi connectivity index (χ2n) is 15.1. The Morgan fingerprint density at radius 2 is 1.82 bits per heavy atom. The summed E-state index contributed by atoms with van der Waals surface area (Å²) in [5.74, 6) is -0.877. The summed E-state index contributed by atoms with van der Waals surface area (Å²) in [6.45, 7) is 13.1. The van der Waals surface area contributed by atoms with E-state index in [1.165, 1.54) is 11.1 Å². The molecule has 0 aromatic heterocycles. The smallest absolute Gasteiger partial charge is 0.414 e. The number of aliphatic hydroxyl groups is 1. The molecule has 11 heteroatoms. The topological polar surface area (TPSA) is 120 Å². The molecule has 1 spiro atoms. The Morgan fingerprint density at radius 1 is 1.08 bits per heavy atom. The number of rotatable bonds is 10. The Bertz CT molecular complexity index is 1710. The lowest BCUT2D eigenvalue weighted by Gasteiger charge is -2.37. The van der Waals surface area contributed by atoms with Gasteiger partial charge in [-0.1, -0.05) is 54.5 Å². The zero-order chi connectivity index (χ0) is 36.0. The maximum absolute atomic E-state index is 14.9. The van der Waals surface area contributed by atoms with E-state index in [0.717, 1.165) is 24.0 Å². The Labute approximate surface area is 296 Å². The zero-order valence-corrected chi connectivity index (χ0v) is 31.1. The first-order valence-corrected chi connectivity index (χ1v) is 20.9. The van der Waals surface area contributed by atoms with E-state index in [4.69, 9.17) is 9.47 Å². The average Bonchev–Trinajstić information content (AvgIpc) is 3.70. The van der Waals surface area contributed by atoms with Gasteiger partial charge < -0.3 is 29.2 Å². The minimum absolute atomic E-state index is 0.0312. The predicted octanol–water partition coefficient (Wildman–Crippen LogP) is 5.82. The van der Waals surface area contributed by atoms with Gasteiger partial charge in [0.05, 0.1) is 37.4 Å². The third-order valence-corrected chi connectivity index (χ3v) is 13.5. The van der Waals surface area contributed by atoms with Crippen LogP contribution in [-0.2, 0) is 37.6 Å². The number of anilines is 2. The molecule has 2 fully saturated rings. The highest BCUT2D eigenvalue weighted by Crippen LogP contribution is 2.60. The number of carbonyl (C=O) groups is 3. The first-order valence-electron chi connectivity index (χ1n) is 17.8. The number of amides is 3. The second-order valence-corrected chi connectivity index (χ2v) is 19.1. The van der Waals surface area contributed by atoms with Gasteiger partial charge in [0.15, 0.2) is 13.9 Å². The van der Waals surface area contributed by atoms with Gasteiger partial charge in [0.1, 0.15) is 6.61 Å². The van der Waals surface area contributed by atoms with Crippen molar-refractivity contribution in [1.29, 1.82) is 0 Å². The van der Waals surface area contributed by atoms with Crippen molar-refractivity contribution in [2.75, 3.05) is 36.1 Å². The van der Waals surface area contributed by atoms with Gasteiger partial charge in [0, 0.05) is 35.8 Å². The van der Waals surface area contributed by atoms with Gasteiger partial charge in [0.2, 0.25) is 5.91 Å². The van der Waals surface area contributed by atoms with Crippen LogP contribution in [0, 0.1) is 5.92 Å². The monoisotopic (exact) mass is 701 g/mol. The molecule has 2 aromatic rings. The molecule has 268 valence electrons. The van der Waals surface area contributed by atoms with Crippen LogP contribution < -0.4 is 9.80 Å². The van der Waals surface area contributed by atoms with E-state index in [-0.39, 0.29) is 37.5 Å². The van der Waals surface area contributed by atoms with Crippen LogP contribution in [0.5, 0.6) is 0 Å². The first kappa shape index (κ1) is 36.0. The van der Waals surface area contributed by atoms with E-state index in [9.17, 15) is 24.3 Å². The van der Waals surface area contributed by atoms with Crippen LogP contribution in [-0.4, -0.2) is 79.5 Å². The fourth-order valence-corrected chi connectivity index (χ4v) is 11.1. The molecule has 10 nitrogen and oxygen atoms in total. The molecular formula is C39H51N3O7Si. The Kier molecular flexibility index (Phi) is 10.2. The van der Waals surface area contributed by atoms with Crippen molar-refractivity contribution in [3.05, 3.63) is 82.5 Å². The normalized spacial score (nSPS) is 26.4. The van der Waals surface area contributed by atoms with Gasteiger partial charge in [-0.3, -0.25) is 14.5 Å². The minimum Gasteiger partial charge on any atom is -0.447 e. The van der Waals surface area contributed by atoms with Crippen molar-refractivity contribution in [2.24, 2.45) is 5.92 Å². The maximum atomic E-state index is 14.9. The molecule has 4 heterocycles. The van der Waals surface area contributed by atoms with Gasteiger partial charge >= 0.3 is 6.09 Å². The van der Waals surface area contributed by atoms with E-state index in [1.807, 2.05) is 62.5 Å². The lowest BCUT2D eigenvalue weighted by molar-refractivity contribution is -0.150. The molecule has 0 aliphatic carbocycles. The van der Waals surface area contributed by atoms with Crippen molar-refractivity contribution < 1.29 is 33.8 Å². The number of hydrogen-bond donors (Lipinski definition) is 2. The van der Waals surface area contributed by atoms with Gasteiger partial charge in [-0.05, 0) is 82.5 Å². The summed E-state index contributed by atoms with van der Waals surface area (Å²) in [7, 11) is -3.04. The lowest BCUT2D eigenvalue weighted by Crippen LogP contribution is -2.48. The predicted molar refractivity (Wildman–Crippen MR) is 195 cm³/mol. The highest BCUT2D eigenvalue weighted by Gasteiger charge is 2.66. The van der Waals surface area contributed by atoms with Gasteiger partial charge in [-0.2, -0.15) is 0 Å². The number of ether oxygens (including phenoxy) is 2. The fraction of sp³-hybridized carbons (Fsp3) is 0.513. The molecule has 0 unspecified atom stereocenters. The number of hydrogen-bond acceptors (Lipinski definition) is 7. The SMILES string of the molecule is CC(C)=CCC/C(C)=C/CN1C(=O)[C@]2(O[C@H](CC(=O)N3Cc4ccccc4C[C@H]3CO)[C@@H]([Si](C)(C)O)[C@@H]2C)c2cc(N3CCOC3=O)ccc21. The molecule has 0 bridgehead atoms. The molecule has 0 radical (unpaired) electrons. The zero-order valence-electron chi connectivity index (χ0n) is 30.1. The van der Waals surface area contributed by atoms with Crippen LogP contribution in [0.25, 0.3) is 0 Å². The third kappa shape index (κ3) is 6.56. The van der Waals surface area contributed by atoms with E-state index in [1.54, 1.807) is 14.7 Å². The second kappa shape index (κ2) is 14.1. The molecule has 2 aromatic carbocycles. The summed E-state index contributed by atoms with van der Waals surface area (Å²) in [5, 5.41) is 10.3. The third-order valence-electron chi connectivity index (χ3n) is 11.0. The van der Waals surface area contributed by atoms with E-state index >= 15 is 0 Å². The summed E-state index contributed by atoms with van der Waals surface area (Å²) < 4.78 is 12.2. The number of carbonyl (C=O) groups excluding carboxylic acids is 3. The van der Waals surface area contributed by atoms with Crippen molar-refractivity contribution in [1.82, 2.24) is 4.90 Å². The number of nitrogens with zero attached hydrogens (tertiary/aromatic N) is 3. The number of fused-ring (bicyclic) bond motifs is 3. The summed E-state index contributed by atoms with van der Waals surface area (Å²) >= 11 is 0. The molecule has 5 atom stereocenters. The van der Waals surface area contributed by atoms with Crippen LogP contribution in [0.3, 0.4) is 0 Å². The summed E-state index contributed by atoms with van der Waals surface area (Å²) in [6, 6.07) is 13.2. The Balaban J connectivity index is 1.36. The standard InChI is InChI=1S/C39H51N3O7Si/c1-25(2)10-9-11-26(3)16-17-41-33-15-14-30(40-18-19-48-38(40)46)21-32(33)39(37(41)45)27(4)36(50(5,6)47)34(49-39)22-35(44)42-23-29-13-8-7-12-28(29)20-31(42)24-43/h7-8,10,12-16,21,27,31,34,36,43,47H,9,11,17-20,22-24H2,1-6H3/b26-16+/t27-,31-,34+,36-,39+/m0/s1. The van der Waals surface area contributed by atoms with Crippen LogP contribution in [0.4, 0.5) is 16.2 Å². The first-order chi connectivity index (χ1) is 23.8. The molecule has 0 saturated carbocycles. The van der Waals surface area contributed by atoms with Crippen LogP contribution in [0.2, 0.25) is 18.6 Å². The van der Waals surface area contributed by atoms with E-state index < -0.39 is 37.6 Å². The van der Waals surface area contributed by atoms with Crippen molar-refractivity contribution in [3.8, 4) is 0 Å². The maximum Gasteiger partial charge on any atom is 0.414 e. The van der Waals surface area contributed by atoms with Crippen molar-refractivity contribution in [3.63, 3.8) is 0 Å². The molecule has 6 rings (SSSR count). The summed E-state index contributed by atoms with van der Waals surface area (Å²) in [4.78, 5) is 58.5. The molecule has 4 aliphatic rings. The Hall–Kier alpha value is -3.77. The van der Waals surface area contributed by atoms with Gasteiger partial charge in [-0.15, -0.1) is 0 Å². The number of cyclic esters (lactones) is 1. The summed E-state index contributed by atoms with van der Waals surface area (Å²) in [5.41, 5.74) is 4.63. The average molecular weight is 702 g/mol. The van der Waals surface area contributed by atoms with E-state index in [0.29, 0.717) is 43.0 Å². The van der Waals surface area contributed by atoms with Gasteiger partial charge in [0.25, 0.3) is 5.91 Å². The number of benzene rings is 2. The Morgan fingerprint density at radius 3 is 2.48 bits per heavy atom.